The van der Waals surface area contributed by atoms with Crippen LogP contribution in [0.25, 0.3) is 10.8 Å². The molecular formula is C15H17Cl2N. The summed E-state index contributed by atoms with van der Waals surface area (Å²) in [5.41, 5.74) is 2.47. The first-order chi connectivity index (χ1) is 8.74. The van der Waals surface area contributed by atoms with E-state index >= 15 is 0 Å². The van der Waals surface area contributed by atoms with E-state index in [1.54, 1.807) is 0 Å². The summed E-state index contributed by atoms with van der Waals surface area (Å²) >= 11 is 11.7. The monoisotopic (exact) mass is 281 g/mol. The minimum atomic E-state index is 0.614. The van der Waals surface area contributed by atoms with Crippen molar-refractivity contribution in [2.75, 3.05) is 29.7 Å². The Kier molecular flexibility index (Phi) is 4.73. The Morgan fingerprint density at radius 1 is 0.889 bits per heavy atom. The van der Waals surface area contributed by atoms with Crippen molar-refractivity contribution < 1.29 is 0 Å². The molecule has 0 unspecified atom stereocenters. The van der Waals surface area contributed by atoms with Gasteiger partial charge in [0.05, 0.1) is 0 Å². The van der Waals surface area contributed by atoms with Crippen LogP contribution in [0.15, 0.2) is 36.4 Å². The summed E-state index contributed by atoms with van der Waals surface area (Å²) in [7, 11) is 0. The van der Waals surface area contributed by atoms with Gasteiger partial charge in [-0.2, -0.15) is 0 Å². The van der Waals surface area contributed by atoms with E-state index in [0.717, 1.165) is 13.1 Å². The molecule has 2 aromatic rings. The van der Waals surface area contributed by atoms with Crippen LogP contribution in [0.4, 0.5) is 5.69 Å². The molecule has 0 atom stereocenters. The Labute approximate surface area is 118 Å². The third-order valence-electron chi connectivity index (χ3n) is 3.05. The zero-order valence-corrected chi connectivity index (χ0v) is 12.0. The third-order valence-corrected chi connectivity index (χ3v) is 3.39. The fourth-order valence-corrected chi connectivity index (χ4v) is 2.53. The van der Waals surface area contributed by atoms with Gasteiger partial charge in [0.15, 0.2) is 0 Å². The molecule has 18 heavy (non-hydrogen) atoms. The van der Waals surface area contributed by atoms with Crippen LogP contribution in [0.5, 0.6) is 0 Å². The third kappa shape index (κ3) is 3.09. The van der Waals surface area contributed by atoms with Crippen molar-refractivity contribution in [3.05, 3.63) is 42.0 Å². The fraction of sp³-hybridized carbons (Fsp3) is 0.333. The molecule has 0 aromatic heterocycles. The maximum absolute atomic E-state index is 5.84. The van der Waals surface area contributed by atoms with E-state index in [0.29, 0.717) is 11.8 Å². The van der Waals surface area contributed by atoms with Crippen LogP contribution in [-0.4, -0.2) is 24.8 Å². The van der Waals surface area contributed by atoms with Gasteiger partial charge in [-0.15, -0.1) is 23.2 Å². The van der Waals surface area contributed by atoms with Crippen molar-refractivity contribution in [3.63, 3.8) is 0 Å². The molecule has 2 aromatic carbocycles. The molecule has 0 aliphatic rings. The van der Waals surface area contributed by atoms with Crippen LogP contribution in [0.1, 0.15) is 5.56 Å². The van der Waals surface area contributed by atoms with E-state index in [2.05, 4.69) is 48.2 Å². The quantitative estimate of drug-likeness (QED) is 0.733. The van der Waals surface area contributed by atoms with Crippen LogP contribution in [0.3, 0.4) is 0 Å². The Morgan fingerprint density at radius 3 is 2.17 bits per heavy atom. The first kappa shape index (κ1) is 13.5. The highest BCUT2D eigenvalue weighted by atomic mass is 35.5. The molecule has 0 amide bonds. The number of anilines is 1. The lowest BCUT2D eigenvalue weighted by molar-refractivity contribution is 0.875. The van der Waals surface area contributed by atoms with Crippen LogP contribution in [0, 0.1) is 6.92 Å². The van der Waals surface area contributed by atoms with E-state index in [1.165, 1.54) is 22.0 Å². The number of hydrogen-bond acceptors (Lipinski definition) is 1. The summed E-state index contributed by atoms with van der Waals surface area (Å²) in [6.45, 7) is 3.76. The highest BCUT2D eigenvalue weighted by Gasteiger charge is 2.06. The topological polar surface area (TPSA) is 3.24 Å². The molecule has 0 saturated carbocycles. The highest BCUT2D eigenvalue weighted by Crippen LogP contribution is 2.23. The maximum atomic E-state index is 5.84. The summed E-state index contributed by atoms with van der Waals surface area (Å²) in [5.74, 6) is 1.23. The number of benzene rings is 2. The zero-order chi connectivity index (χ0) is 13.0. The second-order valence-electron chi connectivity index (χ2n) is 4.40. The molecule has 96 valence electrons. The largest absolute Gasteiger partial charge is 0.369 e. The van der Waals surface area contributed by atoms with E-state index in [1.807, 2.05) is 0 Å². The van der Waals surface area contributed by atoms with Gasteiger partial charge >= 0.3 is 0 Å². The standard InChI is InChI=1S/C15H17Cl2N/c1-12-2-3-14-11-15(5-4-13(14)10-12)18(8-6-16)9-7-17/h2-5,10-11H,6-9H2,1H3. The average Bonchev–Trinajstić information content (AvgIpc) is 2.38. The SMILES string of the molecule is Cc1ccc2cc(N(CCCl)CCCl)ccc2c1. The lowest BCUT2D eigenvalue weighted by atomic mass is 10.1. The fourth-order valence-electron chi connectivity index (χ4n) is 2.12. The van der Waals surface area contributed by atoms with Gasteiger partial charge in [0, 0.05) is 30.5 Å². The summed E-state index contributed by atoms with van der Waals surface area (Å²) in [5, 5.41) is 2.53. The maximum Gasteiger partial charge on any atom is 0.0399 e. The Morgan fingerprint density at radius 2 is 1.50 bits per heavy atom. The first-order valence-corrected chi connectivity index (χ1v) is 7.19. The molecule has 0 heterocycles. The molecule has 0 fully saturated rings. The lowest BCUT2D eigenvalue weighted by Crippen LogP contribution is -2.27. The molecule has 0 saturated heterocycles. The van der Waals surface area contributed by atoms with Gasteiger partial charge in [0.1, 0.15) is 0 Å². The summed E-state index contributed by atoms with van der Waals surface area (Å²) in [6.07, 6.45) is 0. The van der Waals surface area contributed by atoms with Crippen LogP contribution in [-0.2, 0) is 0 Å². The molecule has 0 N–H and O–H groups in total. The summed E-state index contributed by atoms with van der Waals surface area (Å²) in [6, 6.07) is 13.0. The van der Waals surface area contributed by atoms with Gasteiger partial charge < -0.3 is 4.90 Å². The molecule has 2 rings (SSSR count). The number of hydrogen-bond donors (Lipinski definition) is 0. The molecule has 0 spiro atoms. The van der Waals surface area contributed by atoms with Gasteiger partial charge in [0.25, 0.3) is 0 Å². The van der Waals surface area contributed by atoms with Crippen molar-refractivity contribution in [2.45, 2.75) is 6.92 Å². The zero-order valence-electron chi connectivity index (χ0n) is 10.5. The first-order valence-electron chi connectivity index (χ1n) is 6.12. The number of halogens is 2. The summed E-state index contributed by atoms with van der Waals surface area (Å²) < 4.78 is 0. The van der Waals surface area contributed by atoms with Crippen molar-refractivity contribution in [1.29, 1.82) is 0 Å². The minimum absolute atomic E-state index is 0.614. The van der Waals surface area contributed by atoms with Crippen molar-refractivity contribution >= 4 is 39.7 Å². The Balaban J connectivity index is 2.35. The number of fused-ring (bicyclic) bond motifs is 1. The highest BCUT2D eigenvalue weighted by molar-refractivity contribution is 6.18. The predicted molar refractivity (Wildman–Crippen MR) is 82.3 cm³/mol. The van der Waals surface area contributed by atoms with E-state index < -0.39 is 0 Å². The summed E-state index contributed by atoms with van der Waals surface area (Å²) in [4.78, 5) is 2.22. The van der Waals surface area contributed by atoms with Crippen molar-refractivity contribution in [3.8, 4) is 0 Å². The molecule has 1 nitrogen and oxygen atoms in total. The average molecular weight is 282 g/mol. The Hall–Kier alpha value is -0.920. The molecule has 0 aliphatic carbocycles. The van der Waals surface area contributed by atoms with Crippen molar-refractivity contribution in [2.24, 2.45) is 0 Å². The lowest BCUT2D eigenvalue weighted by Gasteiger charge is -2.23. The molecular weight excluding hydrogens is 265 g/mol. The second kappa shape index (κ2) is 6.31. The molecule has 0 radical (unpaired) electrons. The Bertz CT molecular complexity index is 519. The molecule has 3 heteroatoms. The molecule has 0 aliphatic heterocycles. The van der Waals surface area contributed by atoms with Gasteiger partial charge in [-0.05, 0) is 29.8 Å². The number of rotatable bonds is 5. The minimum Gasteiger partial charge on any atom is -0.369 e. The van der Waals surface area contributed by atoms with Gasteiger partial charge in [0.2, 0.25) is 0 Å². The second-order valence-corrected chi connectivity index (χ2v) is 5.16. The van der Waals surface area contributed by atoms with E-state index in [9.17, 15) is 0 Å². The van der Waals surface area contributed by atoms with Crippen LogP contribution < -0.4 is 4.90 Å². The smallest absolute Gasteiger partial charge is 0.0399 e. The number of aryl methyl sites for hydroxylation is 1. The molecule has 0 bridgehead atoms. The van der Waals surface area contributed by atoms with Gasteiger partial charge in [-0.1, -0.05) is 29.8 Å². The van der Waals surface area contributed by atoms with E-state index in [4.69, 9.17) is 23.2 Å². The normalized spacial score (nSPS) is 10.8. The van der Waals surface area contributed by atoms with Crippen molar-refractivity contribution in [1.82, 2.24) is 0 Å². The number of alkyl halides is 2. The van der Waals surface area contributed by atoms with E-state index in [-0.39, 0.29) is 0 Å². The van der Waals surface area contributed by atoms with Crippen LogP contribution in [0.2, 0.25) is 0 Å². The van der Waals surface area contributed by atoms with Gasteiger partial charge in [-0.3, -0.25) is 0 Å². The predicted octanol–water partition coefficient (Wildman–Crippen LogP) is 4.43. The number of nitrogens with zero attached hydrogens (tertiary/aromatic N) is 1. The van der Waals surface area contributed by atoms with Crippen LogP contribution >= 0.6 is 23.2 Å². The van der Waals surface area contributed by atoms with Gasteiger partial charge in [-0.25, -0.2) is 0 Å².